The molecule has 3 aromatic heterocycles. The first-order chi connectivity index (χ1) is 17.7. The summed E-state index contributed by atoms with van der Waals surface area (Å²) >= 11 is 6.13. The van der Waals surface area contributed by atoms with Gasteiger partial charge < -0.3 is 14.5 Å². The van der Waals surface area contributed by atoms with Crippen LogP contribution in [-0.2, 0) is 4.74 Å². The summed E-state index contributed by atoms with van der Waals surface area (Å²) in [5.41, 5.74) is 1.05. The predicted molar refractivity (Wildman–Crippen MR) is 146 cm³/mol. The van der Waals surface area contributed by atoms with Gasteiger partial charge >= 0.3 is 11.8 Å². The summed E-state index contributed by atoms with van der Waals surface area (Å²) < 4.78 is 21.8. The molecule has 9 nitrogen and oxygen atoms in total. The van der Waals surface area contributed by atoms with E-state index in [4.69, 9.17) is 16.3 Å². The van der Waals surface area contributed by atoms with E-state index in [1.807, 2.05) is 60.3 Å². The number of rotatable bonds is 3. The van der Waals surface area contributed by atoms with Gasteiger partial charge in [0.25, 0.3) is 0 Å². The zero-order chi connectivity index (χ0) is 28.1. The topological polar surface area (TPSA) is 93.5 Å². The summed E-state index contributed by atoms with van der Waals surface area (Å²) in [6.45, 7) is 15.8. The van der Waals surface area contributed by atoms with E-state index in [0.717, 1.165) is 5.56 Å². The average molecular weight is 545 g/mol. The lowest BCUT2D eigenvalue weighted by molar-refractivity contribution is 0.0130. The van der Waals surface area contributed by atoms with Crippen LogP contribution < -0.4 is 10.6 Å². The smallest absolute Gasteiger partial charge is 0.410 e. The molecule has 38 heavy (non-hydrogen) atoms. The first kappa shape index (κ1) is 27.8. The van der Waals surface area contributed by atoms with Gasteiger partial charge in [-0.05, 0) is 65.2 Å². The van der Waals surface area contributed by atoms with Crippen molar-refractivity contribution in [1.29, 1.82) is 0 Å². The molecule has 0 unspecified atom stereocenters. The number of aromatic nitrogens is 4. The molecule has 1 amide bonds. The van der Waals surface area contributed by atoms with Gasteiger partial charge in [-0.1, -0.05) is 25.4 Å². The second-order valence-corrected chi connectivity index (χ2v) is 11.5. The van der Waals surface area contributed by atoms with Crippen molar-refractivity contribution in [2.75, 3.05) is 18.0 Å². The van der Waals surface area contributed by atoms with Crippen LogP contribution in [0.2, 0.25) is 5.15 Å². The maximum Gasteiger partial charge on any atom is 0.410 e. The molecule has 0 aliphatic carbocycles. The molecule has 1 aliphatic heterocycles. The summed E-state index contributed by atoms with van der Waals surface area (Å²) in [4.78, 5) is 43.3. The van der Waals surface area contributed by atoms with Crippen molar-refractivity contribution in [2.24, 2.45) is 0 Å². The molecule has 0 aromatic carbocycles. The Hall–Kier alpha value is -3.27. The number of nitrogens with zero attached hydrogens (tertiary/aromatic N) is 6. The lowest BCUT2D eigenvalue weighted by Gasteiger charge is -2.44. The molecule has 4 heterocycles. The third-order valence-corrected chi connectivity index (χ3v) is 6.83. The predicted octanol–water partition coefficient (Wildman–Crippen LogP) is 5.23. The van der Waals surface area contributed by atoms with Crippen LogP contribution in [0.5, 0.6) is 0 Å². The zero-order valence-electron chi connectivity index (χ0n) is 23.0. The second kappa shape index (κ2) is 10.1. The zero-order valence-corrected chi connectivity index (χ0v) is 23.8. The van der Waals surface area contributed by atoms with Crippen molar-refractivity contribution in [3.63, 3.8) is 0 Å². The summed E-state index contributed by atoms with van der Waals surface area (Å²) in [6, 6.07) is 2.58. The molecule has 1 saturated heterocycles. The molecule has 0 spiro atoms. The molecule has 3 aromatic rings. The maximum absolute atomic E-state index is 14.8. The molecule has 0 bridgehead atoms. The second-order valence-electron chi connectivity index (χ2n) is 11.2. The average Bonchev–Trinajstić information content (AvgIpc) is 2.80. The van der Waals surface area contributed by atoms with Crippen LogP contribution in [0.1, 0.15) is 65.6 Å². The van der Waals surface area contributed by atoms with Crippen LogP contribution >= 0.6 is 11.6 Å². The molecule has 2 atom stereocenters. The van der Waals surface area contributed by atoms with E-state index in [0.29, 0.717) is 35.7 Å². The van der Waals surface area contributed by atoms with E-state index in [1.54, 1.807) is 17.2 Å². The maximum atomic E-state index is 14.8. The van der Waals surface area contributed by atoms with Crippen molar-refractivity contribution in [2.45, 2.75) is 79.0 Å². The van der Waals surface area contributed by atoms with Crippen LogP contribution in [-0.4, -0.2) is 61.3 Å². The first-order valence-corrected chi connectivity index (χ1v) is 13.1. The molecule has 1 aliphatic rings. The largest absolute Gasteiger partial charge is 0.444 e. The number of aryl methyl sites for hydroxylation is 1. The van der Waals surface area contributed by atoms with E-state index in [1.165, 1.54) is 10.6 Å². The Labute approximate surface area is 226 Å². The normalized spacial score (nSPS) is 18.4. The molecule has 0 radical (unpaired) electrons. The fourth-order valence-corrected chi connectivity index (χ4v) is 4.92. The third kappa shape index (κ3) is 5.18. The van der Waals surface area contributed by atoms with E-state index < -0.39 is 23.2 Å². The number of anilines is 1. The summed E-state index contributed by atoms with van der Waals surface area (Å²) in [5.74, 6) is -0.420. The number of carbonyl (C=O) groups is 1. The van der Waals surface area contributed by atoms with Crippen molar-refractivity contribution < 1.29 is 13.9 Å². The van der Waals surface area contributed by atoms with Crippen molar-refractivity contribution in [3.8, 4) is 5.69 Å². The highest BCUT2D eigenvalue weighted by Crippen LogP contribution is 2.32. The highest BCUT2D eigenvalue weighted by molar-refractivity contribution is 6.30. The van der Waals surface area contributed by atoms with Gasteiger partial charge in [-0.2, -0.15) is 4.98 Å². The lowest BCUT2D eigenvalue weighted by atomic mass is 10.0. The monoisotopic (exact) mass is 544 g/mol. The Morgan fingerprint density at radius 1 is 1.18 bits per heavy atom. The highest BCUT2D eigenvalue weighted by atomic mass is 35.5. The number of ether oxygens (including phenoxy) is 1. The molecular formula is C27H34ClFN6O3. The number of halogens is 2. The fourth-order valence-electron chi connectivity index (χ4n) is 4.79. The molecule has 1 fully saturated rings. The van der Waals surface area contributed by atoms with Gasteiger partial charge in [0.05, 0.1) is 16.8 Å². The molecule has 204 valence electrons. The molecular weight excluding hydrogens is 511 g/mol. The van der Waals surface area contributed by atoms with E-state index in [-0.39, 0.29) is 28.8 Å². The Morgan fingerprint density at radius 3 is 2.50 bits per heavy atom. The minimum absolute atomic E-state index is 0.00394. The Kier molecular flexibility index (Phi) is 7.40. The summed E-state index contributed by atoms with van der Waals surface area (Å²) in [7, 11) is 0. The van der Waals surface area contributed by atoms with E-state index in [9.17, 15) is 14.0 Å². The van der Waals surface area contributed by atoms with Gasteiger partial charge in [-0.25, -0.2) is 23.5 Å². The number of fused-ring (bicyclic) bond motifs is 1. The van der Waals surface area contributed by atoms with Crippen LogP contribution in [0, 0.1) is 12.7 Å². The van der Waals surface area contributed by atoms with Gasteiger partial charge in [-0.15, -0.1) is 0 Å². The molecule has 0 N–H and O–H groups in total. The number of piperazine rings is 1. The Bertz CT molecular complexity index is 1450. The van der Waals surface area contributed by atoms with Crippen LogP contribution in [0.15, 0.2) is 23.1 Å². The summed E-state index contributed by atoms with van der Waals surface area (Å²) in [6.07, 6.45) is 1.29. The van der Waals surface area contributed by atoms with Crippen molar-refractivity contribution >= 4 is 34.5 Å². The Balaban J connectivity index is 1.88. The van der Waals surface area contributed by atoms with Gasteiger partial charge in [-0.3, -0.25) is 4.98 Å². The van der Waals surface area contributed by atoms with Crippen LogP contribution in [0.3, 0.4) is 0 Å². The van der Waals surface area contributed by atoms with E-state index >= 15 is 0 Å². The van der Waals surface area contributed by atoms with Gasteiger partial charge in [0.2, 0.25) is 0 Å². The summed E-state index contributed by atoms with van der Waals surface area (Å²) in [5, 5.41) is 0.000768. The number of pyridine rings is 2. The van der Waals surface area contributed by atoms with Crippen LogP contribution in [0.25, 0.3) is 16.7 Å². The van der Waals surface area contributed by atoms with Gasteiger partial charge in [0, 0.05) is 31.4 Å². The Morgan fingerprint density at radius 2 is 1.87 bits per heavy atom. The number of carbonyl (C=O) groups excluding carboxylic acids is 1. The molecule has 4 rings (SSSR count). The van der Waals surface area contributed by atoms with Crippen molar-refractivity contribution in [3.05, 3.63) is 51.0 Å². The fraction of sp³-hybridized carbons (Fsp3) is 0.519. The SMILES string of the molecule is Cc1ccnc(C(C)C)c1-n1c(=O)nc(N2C[C@@H](C)N(C(=O)OC(C)(C)C)C[C@@H]2C)c2cc(F)c(Cl)nc21. The van der Waals surface area contributed by atoms with Crippen molar-refractivity contribution in [1.82, 2.24) is 24.4 Å². The van der Waals surface area contributed by atoms with E-state index in [2.05, 4.69) is 15.0 Å². The minimum Gasteiger partial charge on any atom is -0.444 e. The highest BCUT2D eigenvalue weighted by Gasteiger charge is 2.36. The first-order valence-electron chi connectivity index (χ1n) is 12.7. The number of amides is 1. The molecule has 0 saturated carbocycles. The minimum atomic E-state index is -0.715. The molecule has 11 heteroatoms. The van der Waals surface area contributed by atoms with Crippen LogP contribution in [0.4, 0.5) is 15.0 Å². The standard InChI is InChI=1S/C27H34ClFN6O3/c1-14(2)20-21(15(3)9-10-30-20)35-24-18(11-19(29)22(28)31-24)23(32-25(35)36)33-12-17(5)34(13-16(33)4)26(37)38-27(6,7)8/h9-11,14,16-17H,12-13H2,1-8H3/t16-,17+/m0/s1. The van der Waals surface area contributed by atoms with Gasteiger partial charge in [0.15, 0.2) is 16.6 Å². The lowest BCUT2D eigenvalue weighted by Crippen LogP contribution is -2.59. The quantitative estimate of drug-likeness (QED) is 0.416. The van der Waals surface area contributed by atoms with Gasteiger partial charge in [0.1, 0.15) is 11.4 Å². The number of hydrogen-bond acceptors (Lipinski definition) is 7. The number of hydrogen-bond donors (Lipinski definition) is 0. The third-order valence-electron chi connectivity index (χ3n) is 6.57.